The molecule has 0 atom stereocenters. The third-order valence-corrected chi connectivity index (χ3v) is 2.17. The van der Waals surface area contributed by atoms with Crippen LogP contribution in [0.15, 0.2) is 36.7 Å². The van der Waals surface area contributed by atoms with E-state index in [9.17, 15) is 4.39 Å². The molecule has 2 rings (SSSR count). The van der Waals surface area contributed by atoms with E-state index in [2.05, 4.69) is 15.3 Å². The number of hydrogen-bond acceptors (Lipinski definition) is 3. The first-order valence-electron chi connectivity index (χ1n) is 5.01. The highest BCUT2D eigenvalue weighted by Gasteiger charge is 1.97. The number of rotatable bonds is 3. The Morgan fingerprint density at radius 2 is 2.12 bits per heavy atom. The molecule has 82 valence electrons. The predicted octanol–water partition coefficient (Wildman–Crippen LogP) is 2.54. The molecule has 0 fully saturated rings. The Hall–Kier alpha value is -1.97. The number of aryl methyl sites for hydroxylation is 1. The predicted molar refractivity (Wildman–Crippen MR) is 60.5 cm³/mol. The van der Waals surface area contributed by atoms with Crippen molar-refractivity contribution in [2.75, 3.05) is 5.32 Å². The van der Waals surface area contributed by atoms with E-state index in [1.807, 2.05) is 19.1 Å². The maximum atomic E-state index is 12.9. The number of nitrogens with zero attached hydrogens (tertiary/aromatic N) is 2. The van der Waals surface area contributed by atoms with Gasteiger partial charge in [0.05, 0.1) is 0 Å². The van der Waals surface area contributed by atoms with E-state index >= 15 is 0 Å². The van der Waals surface area contributed by atoms with Crippen molar-refractivity contribution >= 4 is 5.82 Å². The summed E-state index contributed by atoms with van der Waals surface area (Å²) in [7, 11) is 0. The van der Waals surface area contributed by atoms with Gasteiger partial charge in [0.25, 0.3) is 0 Å². The lowest BCUT2D eigenvalue weighted by Gasteiger charge is -2.05. The van der Waals surface area contributed by atoms with Crippen molar-refractivity contribution in [3.8, 4) is 0 Å². The summed E-state index contributed by atoms with van der Waals surface area (Å²) in [6.45, 7) is 2.45. The molecule has 0 unspecified atom stereocenters. The van der Waals surface area contributed by atoms with Crippen molar-refractivity contribution in [3.05, 3.63) is 53.7 Å². The van der Waals surface area contributed by atoms with Crippen molar-refractivity contribution in [3.63, 3.8) is 0 Å². The van der Waals surface area contributed by atoms with E-state index < -0.39 is 0 Å². The highest BCUT2D eigenvalue weighted by atomic mass is 19.1. The Labute approximate surface area is 93.4 Å². The number of benzene rings is 1. The van der Waals surface area contributed by atoms with Crippen molar-refractivity contribution < 1.29 is 4.39 Å². The average molecular weight is 217 g/mol. The molecule has 0 aliphatic heterocycles. The van der Waals surface area contributed by atoms with Gasteiger partial charge in [-0.1, -0.05) is 12.1 Å². The summed E-state index contributed by atoms with van der Waals surface area (Å²) >= 11 is 0. The molecule has 0 amide bonds. The van der Waals surface area contributed by atoms with Gasteiger partial charge in [0.1, 0.15) is 18.0 Å². The lowest BCUT2D eigenvalue weighted by Crippen LogP contribution is -2.02. The lowest BCUT2D eigenvalue weighted by atomic mass is 10.2. The van der Waals surface area contributed by atoms with Gasteiger partial charge < -0.3 is 5.32 Å². The van der Waals surface area contributed by atoms with E-state index in [0.717, 1.165) is 17.1 Å². The van der Waals surface area contributed by atoms with Gasteiger partial charge >= 0.3 is 0 Å². The maximum Gasteiger partial charge on any atom is 0.129 e. The van der Waals surface area contributed by atoms with Gasteiger partial charge in [0.2, 0.25) is 0 Å². The molecule has 3 nitrogen and oxygen atoms in total. The Morgan fingerprint density at radius 3 is 2.88 bits per heavy atom. The molecule has 16 heavy (non-hydrogen) atoms. The van der Waals surface area contributed by atoms with Crippen molar-refractivity contribution in [1.29, 1.82) is 0 Å². The fourth-order valence-electron chi connectivity index (χ4n) is 1.39. The van der Waals surface area contributed by atoms with Gasteiger partial charge in [0, 0.05) is 18.3 Å². The normalized spacial score (nSPS) is 10.1. The highest BCUT2D eigenvalue weighted by Crippen LogP contribution is 2.07. The largest absolute Gasteiger partial charge is 0.366 e. The summed E-state index contributed by atoms with van der Waals surface area (Å²) in [5.41, 5.74) is 1.79. The molecule has 1 aromatic heterocycles. The Kier molecular flexibility index (Phi) is 3.10. The number of nitrogens with one attached hydrogen (secondary N) is 1. The minimum absolute atomic E-state index is 0.224. The van der Waals surface area contributed by atoms with E-state index in [0.29, 0.717) is 6.54 Å². The molecule has 0 saturated heterocycles. The van der Waals surface area contributed by atoms with Crippen LogP contribution in [0.5, 0.6) is 0 Å². The first-order valence-corrected chi connectivity index (χ1v) is 5.01. The highest BCUT2D eigenvalue weighted by molar-refractivity contribution is 5.35. The molecular formula is C12H12FN3. The second-order valence-electron chi connectivity index (χ2n) is 3.53. The van der Waals surface area contributed by atoms with Gasteiger partial charge in [-0.2, -0.15) is 0 Å². The van der Waals surface area contributed by atoms with Crippen LogP contribution in [-0.2, 0) is 6.54 Å². The number of aromatic nitrogens is 2. The zero-order valence-electron chi connectivity index (χ0n) is 8.94. The molecule has 4 heteroatoms. The third kappa shape index (κ3) is 2.76. The molecule has 0 saturated carbocycles. The standard InChI is InChI=1S/C12H12FN3/c1-9-5-12(16-8-15-9)14-7-10-3-2-4-11(13)6-10/h2-6,8H,7H2,1H3,(H,14,15,16). The Bertz CT molecular complexity index is 440. The van der Waals surface area contributed by atoms with Gasteiger partial charge in [0.15, 0.2) is 0 Å². The molecule has 1 heterocycles. The third-order valence-electron chi connectivity index (χ3n) is 2.17. The van der Waals surface area contributed by atoms with Crippen LogP contribution in [0.4, 0.5) is 10.2 Å². The first-order chi connectivity index (χ1) is 7.74. The minimum atomic E-state index is -0.224. The molecule has 1 aromatic carbocycles. The molecule has 0 radical (unpaired) electrons. The van der Waals surface area contributed by atoms with Crippen molar-refractivity contribution in [2.45, 2.75) is 13.5 Å². The summed E-state index contributed by atoms with van der Waals surface area (Å²) in [6, 6.07) is 8.33. The topological polar surface area (TPSA) is 37.8 Å². The minimum Gasteiger partial charge on any atom is -0.366 e. The van der Waals surface area contributed by atoms with Crippen molar-refractivity contribution in [2.24, 2.45) is 0 Å². The zero-order valence-corrected chi connectivity index (χ0v) is 8.94. The molecule has 0 bridgehead atoms. The van der Waals surface area contributed by atoms with Crippen LogP contribution in [0.1, 0.15) is 11.3 Å². The second-order valence-corrected chi connectivity index (χ2v) is 3.53. The molecule has 0 aliphatic carbocycles. The second kappa shape index (κ2) is 4.70. The fourth-order valence-corrected chi connectivity index (χ4v) is 1.39. The van der Waals surface area contributed by atoms with Gasteiger partial charge in [-0.05, 0) is 24.6 Å². The monoisotopic (exact) mass is 217 g/mol. The van der Waals surface area contributed by atoms with Gasteiger partial charge in [-0.3, -0.25) is 0 Å². The van der Waals surface area contributed by atoms with E-state index in [-0.39, 0.29) is 5.82 Å². The van der Waals surface area contributed by atoms with E-state index in [1.165, 1.54) is 18.5 Å². The van der Waals surface area contributed by atoms with Crippen LogP contribution in [0.25, 0.3) is 0 Å². The van der Waals surface area contributed by atoms with Crippen LogP contribution in [0.3, 0.4) is 0 Å². The van der Waals surface area contributed by atoms with Crippen LogP contribution in [0.2, 0.25) is 0 Å². The Balaban J connectivity index is 2.02. The van der Waals surface area contributed by atoms with Crippen LogP contribution in [0, 0.1) is 12.7 Å². The Morgan fingerprint density at radius 1 is 1.25 bits per heavy atom. The van der Waals surface area contributed by atoms with Crippen molar-refractivity contribution in [1.82, 2.24) is 9.97 Å². The summed E-state index contributed by atoms with van der Waals surface area (Å²) in [4.78, 5) is 8.06. The summed E-state index contributed by atoms with van der Waals surface area (Å²) in [5, 5.41) is 3.11. The molecule has 2 aromatic rings. The zero-order chi connectivity index (χ0) is 11.4. The number of anilines is 1. The molecule has 0 spiro atoms. The number of hydrogen-bond donors (Lipinski definition) is 1. The molecular weight excluding hydrogens is 205 g/mol. The summed E-state index contributed by atoms with van der Waals surface area (Å²) < 4.78 is 12.9. The quantitative estimate of drug-likeness (QED) is 0.858. The lowest BCUT2D eigenvalue weighted by molar-refractivity contribution is 0.626. The number of halogens is 1. The van der Waals surface area contributed by atoms with E-state index in [1.54, 1.807) is 6.07 Å². The fraction of sp³-hybridized carbons (Fsp3) is 0.167. The maximum absolute atomic E-state index is 12.9. The molecule has 0 aliphatic rings. The summed E-state index contributed by atoms with van der Waals surface area (Å²) in [5.74, 6) is 0.523. The van der Waals surface area contributed by atoms with Gasteiger partial charge in [-0.15, -0.1) is 0 Å². The van der Waals surface area contributed by atoms with Crippen LogP contribution in [-0.4, -0.2) is 9.97 Å². The van der Waals surface area contributed by atoms with E-state index in [4.69, 9.17) is 0 Å². The van der Waals surface area contributed by atoms with Crippen LogP contribution >= 0.6 is 0 Å². The van der Waals surface area contributed by atoms with Crippen LogP contribution < -0.4 is 5.32 Å². The summed E-state index contributed by atoms with van der Waals surface area (Å²) in [6.07, 6.45) is 1.50. The van der Waals surface area contributed by atoms with Gasteiger partial charge in [-0.25, -0.2) is 14.4 Å². The smallest absolute Gasteiger partial charge is 0.129 e. The first kappa shape index (κ1) is 10.5. The SMILES string of the molecule is Cc1cc(NCc2cccc(F)c2)ncn1. The molecule has 1 N–H and O–H groups in total. The average Bonchev–Trinajstić information content (AvgIpc) is 2.27.